The van der Waals surface area contributed by atoms with Crippen LogP contribution in [0.1, 0.15) is 34.7 Å². The molecule has 1 aliphatic rings. The van der Waals surface area contributed by atoms with Gasteiger partial charge in [-0.05, 0) is 19.4 Å². The number of hydrogen-bond acceptors (Lipinski definition) is 5. The summed E-state index contributed by atoms with van der Waals surface area (Å²) >= 11 is 4.20. The number of aromatic nitrogens is 2. The lowest BCUT2D eigenvalue weighted by Crippen LogP contribution is -2.41. The summed E-state index contributed by atoms with van der Waals surface area (Å²) in [6, 6.07) is 0.909. The molecule has 150 valence electrons. The number of nitrogens with zero attached hydrogens (tertiary/aromatic N) is 3. The highest BCUT2D eigenvalue weighted by molar-refractivity contribution is 14.1. The maximum atomic E-state index is 14.9. The second-order valence-corrected chi connectivity index (χ2v) is 9.56. The average molecular weight is 614 g/mol. The highest BCUT2D eigenvalue weighted by Crippen LogP contribution is 2.32. The van der Waals surface area contributed by atoms with Crippen molar-refractivity contribution in [3.05, 3.63) is 33.9 Å². The van der Waals surface area contributed by atoms with E-state index in [0.29, 0.717) is 13.0 Å². The van der Waals surface area contributed by atoms with Crippen LogP contribution in [0.3, 0.4) is 0 Å². The van der Waals surface area contributed by atoms with Crippen LogP contribution in [0.25, 0.3) is 11.0 Å². The van der Waals surface area contributed by atoms with E-state index in [1.807, 2.05) is 6.92 Å². The van der Waals surface area contributed by atoms with Crippen molar-refractivity contribution in [1.82, 2.24) is 14.9 Å². The molecule has 3 rings (SSSR count). The molecule has 3 unspecified atom stereocenters. The fourth-order valence-electron chi connectivity index (χ4n) is 3.24. The molecule has 28 heavy (non-hydrogen) atoms. The molecule has 0 aromatic carbocycles. The molecule has 0 bridgehead atoms. The van der Waals surface area contributed by atoms with Crippen LogP contribution < -0.4 is 15.6 Å². The van der Waals surface area contributed by atoms with Crippen LogP contribution in [0.15, 0.2) is 17.1 Å². The molecule has 1 aliphatic heterocycles. The van der Waals surface area contributed by atoms with Crippen molar-refractivity contribution < 1.29 is 19.1 Å². The predicted octanol–water partition coefficient (Wildman–Crippen LogP) is 2.66. The molecule has 11 heteroatoms. The van der Waals surface area contributed by atoms with E-state index in [0.717, 1.165) is 6.07 Å². The van der Waals surface area contributed by atoms with Gasteiger partial charge in [0.05, 0.1) is 15.5 Å². The summed E-state index contributed by atoms with van der Waals surface area (Å²) in [6.45, 7) is 3.73. The molecular weight excluding hydrogens is 597 g/mol. The molecule has 2 N–H and O–H groups in total. The number of aromatic carboxylic acids is 1. The minimum atomic E-state index is -1.37. The maximum Gasteiger partial charge on any atom is 0.341 e. The van der Waals surface area contributed by atoms with E-state index in [1.54, 1.807) is 9.47 Å². The number of amides is 1. The maximum absolute atomic E-state index is 14.9. The van der Waals surface area contributed by atoms with E-state index in [1.165, 1.54) is 13.1 Å². The molecule has 2 aromatic rings. The summed E-state index contributed by atoms with van der Waals surface area (Å²) in [4.78, 5) is 41.4. The molecule has 0 saturated carbocycles. The number of rotatable bonds is 4. The third kappa shape index (κ3) is 3.82. The van der Waals surface area contributed by atoms with Crippen molar-refractivity contribution in [2.24, 2.45) is 0 Å². The summed E-state index contributed by atoms with van der Waals surface area (Å²) in [5, 5.41) is 12.1. The summed E-state index contributed by atoms with van der Waals surface area (Å²) in [5.41, 5.74) is -0.971. The van der Waals surface area contributed by atoms with E-state index < -0.39 is 22.8 Å². The van der Waals surface area contributed by atoms with Crippen LogP contribution in [-0.4, -0.2) is 43.2 Å². The number of halogens is 3. The minimum absolute atomic E-state index is 0.0766. The van der Waals surface area contributed by atoms with Crippen LogP contribution >= 0.6 is 45.2 Å². The first kappa shape index (κ1) is 21.2. The lowest BCUT2D eigenvalue weighted by atomic mass is 10.2. The smallest absolute Gasteiger partial charge is 0.341 e. The second-order valence-electron chi connectivity index (χ2n) is 6.49. The number of fused-ring (bicyclic) bond motifs is 1. The van der Waals surface area contributed by atoms with Gasteiger partial charge in [-0.25, -0.2) is 14.2 Å². The van der Waals surface area contributed by atoms with Crippen LogP contribution in [0.2, 0.25) is 0 Å². The molecule has 0 radical (unpaired) electrons. The van der Waals surface area contributed by atoms with Crippen molar-refractivity contribution in [1.29, 1.82) is 0 Å². The quantitative estimate of drug-likeness (QED) is 0.312. The zero-order chi connectivity index (χ0) is 20.7. The van der Waals surface area contributed by atoms with Gasteiger partial charge in [-0.15, -0.1) is 0 Å². The van der Waals surface area contributed by atoms with E-state index in [4.69, 9.17) is 0 Å². The molecule has 0 spiro atoms. The molecule has 8 nitrogen and oxygen atoms in total. The first-order valence-electron chi connectivity index (χ1n) is 8.42. The lowest BCUT2D eigenvalue weighted by molar-refractivity contribution is -0.119. The van der Waals surface area contributed by atoms with Gasteiger partial charge in [0.15, 0.2) is 11.6 Å². The first-order valence-corrected chi connectivity index (χ1v) is 10.9. The molecule has 1 amide bonds. The molecule has 1 fully saturated rings. The van der Waals surface area contributed by atoms with Gasteiger partial charge >= 0.3 is 5.97 Å². The van der Waals surface area contributed by atoms with Crippen molar-refractivity contribution in [3.63, 3.8) is 0 Å². The van der Waals surface area contributed by atoms with E-state index in [-0.39, 0.29) is 36.9 Å². The van der Waals surface area contributed by atoms with Crippen molar-refractivity contribution in [2.75, 3.05) is 11.4 Å². The number of carbonyl (C=O) groups excluding carboxylic acids is 1. The Morgan fingerprint density at radius 2 is 2.14 bits per heavy atom. The van der Waals surface area contributed by atoms with Gasteiger partial charge in [0.1, 0.15) is 15.3 Å². The molecule has 2 aromatic heterocycles. The number of hydrogen-bond donors (Lipinski definition) is 2. The van der Waals surface area contributed by atoms with Gasteiger partial charge in [0, 0.05) is 19.7 Å². The molecule has 0 aliphatic carbocycles. The summed E-state index contributed by atoms with van der Waals surface area (Å²) in [5.74, 6) is -2.15. The van der Waals surface area contributed by atoms with Crippen molar-refractivity contribution in [3.8, 4) is 0 Å². The number of alkyl halides is 2. The Bertz CT molecular complexity index is 1030. The first-order chi connectivity index (χ1) is 13.1. The van der Waals surface area contributed by atoms with Gasteiger partial charge in [0.2, 0.25) is 11.3 Å². The summed E-state index contributed by atoms with van der Waals surface area (Å²) < 4.78 is 16.0. The van der Waals surface area contributed by atoms with E-state index in [2.05, 4.69) is 55.5 Å². The predicted molar refractivity (Wildman–Crippen MR) is 119 cm³/mol. The molecule has 3 heterocycles. The fraction of sp³-hybridized carbons (Fsp3) is 0.412. The number of carboxylic acid groups (broad SMARTS) is 1. The Morgan fingerprint density at radius 1 is 1.46 bits per heavy atom. The normalized spacial score (nSPS) is 20.4. The third-order valence-electron chi connectivity index (χ3n) is 4.52. The van der Waals surface area contributed by atoms with E-state index in [9.17, 15) is 23.9 Å². The third-order valence-corrected chi connectivity index (χ3v) is 6.67. The summed E-state index contributed by atoms with van der Waals surface area (Å²) in [6.07, 6.45) is 1.88. The van der Waals surface area contributed by atoms with Gasteiger partial charge < -0.3 is 19.9 Å². The van der Waals surface area contributed by atoms with Crippen LogP contribution in [0, 0.1) is 5.82 Å². The summed E-state index contributed by atoms with van der Waals surface area (Å²) in [7, 11) is 0. The molecule has 3 atom stereocenters. The number of carboxylic acids is 1. The average Bonchev–Trinajstić information content (AvgIpc) is 2.94. The van der Waals surface area contributed by atoms with E-state index >= 15 is 0 Å². The topological polar surface area (TPSA) is 105 Å². The number of pyridine rings is 2. The Kier molecular flexibility index (Phi) is 6.12. The standard InChI is InChI=1S/C17H17FI2N4O4/c1-7(19)24-6-10(17(27)28)13(26)9-5-11(18)16(22-15(9)24)23-4-3-12(14(23)20)21-8(2)25/h5-7,12,14H,3-4H2,1-2H3,(H,21,25)(H,27,28). The second kappa shape index (κ2) is 8.08. The van der Waals surface area contributed by atoms with Crippen molar-refractivity contribution in [2.45, 2.75) is 34.4 Å². The van der Waals surface area contributed by atoms with Gasteiger partial charge in [-0.3, -0.25) is 9.59 Å². The number of carbonyl (C=O) groups is 2. The van der Waals surface area contributed by atoms with Gasteiger partial charge in [-0.1, -0.05) is 45.2 Å². The Morgan fingerprint density at radius 3 is 2.71 bits per heavy atom. The Balaban J connectivity index is 2.16. The SMILES string of the molecule is CC(=O)NC1CCN(c2nc3c(cc2F)c(=O)c(C(=O)O)cn3C(C)I)C1I. The van der Waals surface area contributed by atoms with Crippen LogP contribution in [0.4, 0.5) is 10.2 Å². The van der Waals surface area contributed by atoms with Gasteiger partial charge in [-0.2, -0.15) is 0 Å². The molecular formula is C17H17FI2N4O4. The van der Waals surface area contributed by atoms with Gasteiger partial charge in [0.25, 0.3) is 0 Å². The lowest BCUT2D eigenvalue weighted by Gasteiger charge is -2.25. The Labute approximate surface area is 186 Å². The van der Waals surface area contributed by atoms with Crippen LogP contribution in [0.5, 0.6) is 0 Å². The number of nitrogens with one attached hydrogen (secondary N) is 1. The van der Waals surface area contributed by atoms with Crippen LogP contribution in [-0.2, 0) is 4.79 Å². The minimum Gasteiger partial charge on any atom is -0.477 e. The zero-order valence-electron chi connectivity index (χ0n) is 14.9. The largest absolute Gasteiger partial charge is 0.477 e. The Hall–Kier alpha value is -1.51. The van der Waals surface area contributed by atoms with Crippen molar-refractivity contribution >= 4 is 73.9 Å². The highest BCUT2D eigenvalue weighted by Gasteiger charge is 2.35. The fourth-order valence-corrected chi connectivity index (χ4v) is 4.75. The zero-order valence-corrected chi connectivity index (χ0v) is 19.3. The monoisotopic (exact) mass is 614 g/mol. The highest BCUT2D eigenvalue weighted by atomic mass is 127. The molecule has 1 saturated heterocycles. The number of anilines is 1.